The largest absolute Gasteiger partial charge is 0.492 e. The first kappa shape index (κ1) is 17.4. The molecule has 0 aliphatic carbocycles. The van der Waals surface area contributed by atoms with E-state index in [0.717, 1.165) is 35.2 Å². The van der Waals surface area contributed by atoms with Crippen molar-refractivity contribution in [2.75, 3.05) is 26.2 Å². The Balaban J connectivity index is 1.70. The molecule has 0 bridgehead atoms. The fraction of sp³-hybridized carbons (Fsp3) is 0.471. The SMILES string of the molecule is CCc1nc2sc(C(c3cccs3)N3CCN(C(C)=O)CC3)c(O)n2n1. The number of amides is 1. The minimum Gasteiger partial charge on any atom is -0.492 e. The Morgan fingerprint density at radius 3 is 2.69 bits per heavy atom. The zero-order valence-electron chi connectivity index (χ0n) is 14.8. The fourth-order valence-corrected chi connectivity index (χ4v) is 5.40. The number of fused-ring (bicyclic) bond motifs is 1. The second kappa shape index (κ2) is 6.98. The summed E-state index contributed by atoms with van der Waals surface area (Å²) in [7, 11) is 0. The van der Waals surface area contributed by atoms with Gasteiger partial charge in [-0.25, -0.2) is 4.98 Å². The maximum atomic E-state index is 11.6. The molecule has 4 rings (SSSR count). The van der Waals surface area contributed by atoms with Crippen LogP contribution in [0.3, 0.4) is 0 Å². The summed E-state index contributed by atoms with van der Waals surface area (Å²) in [5.41, 5.74) is 0. The van der Waals surface area contributed by atoms with Crippen LogP contribution in [0.1, 0.15) is 35.5 Å². The molecular weight excluding hydrogens is 370 g/mol. The van der Waals surface area contributed by atoms with Crippen molar-refractivity contribution in [3.05, 3.63) is 33.1 Å². The number of aromatic nitrogens is 3. The maximum absolute atomic E-state index is 11.6. The van der Waals surface area contributed by atoms with Crippen LogP contribution in [0.4, 0.5) is 0 Å². The van der Waals surface area contributed by atoms with E-state index in [1.54, 1.807) is 22.8 Å². The lowest BCUT2D eigenvalue weighted by molar-refractivity contribution is -0.130. The number of hydrogen-bond donors (Lipinski definition) is 1. The van der Waals surface area contributed by atoms with Crippen molar-refractivity contribution in [1.82, 2.24) is 24.4 Å². The summed E-state index contributed by atoms with van der Waals surface area (Å²) in [6, 6.07) is 4.09. The Morgan fingerprint density at radius 2 is 2.12 bits per heavy atom. The molecular formula is C17H21N5O2S2. The van der Waals surface area contributed by atoms with E-state index in [4.69, 9.17) is 0 Å². The molecule has 1 N–H and O–H groups in total. The monoisotopic (exact) mass is 391 g/mol. The molecule has 0 saturated carbocycles. The van der Waals surface area contributed by atoms with Crippen LogP contribution in [-0.4, -0.2) is 61.6 Å². The van der Waals surface area contributed by atoms with Gasteiger partial charge in [-0.2, -0.15) is 4.52 Å². The molecule has 1 aliphatic heterocycles. The lowest BCUT2D eigenvalue weighted by Crippen LogP contribution is -2.49. The normalized spacial score (nSPS) is 17.1. The summed E-state index contributed by atoms with van der Waals surface area (Å²) in [5, 5.41) is 17.3. The van der Waals surface area contributed by atoms with E-state index in [9.17, 15) is 9.90 Å². The summed E-state index contributed by atoms with van der Waals surface area (Å²) >= 11 is 3.17. The highest BCUT2D eigenvalue weighted by Crippen LogP contribution is 2.41. The summed E-state index contributed by atoms with van der Waals surface area (Å²) < 4.78 is 1.55. The highest BCUT2D eigenvalue weighted by molar-refractivity contribution is 7.17. The van der Waals surface area contributed by atoms with Gasteiger partial charge in [0, 0.05) is 44.4 Å². The van der Waals surface area contributed by atoms with Crippen LogP contribution in [0.2, 0.25) is 0 Å². The number of aromatic hydroxyl groups is 1. The molecule has 0 aromatic carbocycles. The van der Waals surface area contributed by atoms with E-state index in [-0.39, 0.29) is 17.8 Å². The summed E-state index contributed by atoms with van der Waals surface area (Å²) in [4.78, 5) is 23.1. The Morgan fingerprint density at radius 1 is 1.35 bits per heavy atom. The number of piperazine rings is 1. The van der Waals surface area contributed by atoms with E-state index in [2.05, 4.69) is 26.4 Å². The van der Waals surface area contributed by atoms with Crippen molar-refractivity contribution in [1.29, 1.82) is 0 Å². The van der Waals surface area contributed by atoms with Gasteiger partial charge in [0.2, 0.25) is 16.7 Å². The van der Waals surface area contributed by atoms with E-state index in [0.29, 0.717) is 13.1 Å². The first-order valence-corrected chi connectivity index (χ1v) is 10.4. The smallest absolute Gasteiger partial charge is 0.230 e. The molecule has 1 fully saturated rings. The van der Waals surface area contributed by atoms with Crippen LogP contribution in [0.5, 0.6) is 5.88 Å². The molecule has 0 radical (unpaired) electrons. The third-order valence-electron chi connectivity index (χ3n) is 4.75. The predicted octanol–water partition coefficient (Wildman–Crippen LogP) is 2.37. The Labute approximate surface area is 159 Å². The number of carbonyl (C=O) groups excluding carboxylic acids is 1. The summed E-state index contributed by atoms with van der Waals surface area (Å²) in [5.74, 6) is 1.02. The van der Waals surface area contributed by atoms with Gasteiger partial charge in [0.15, 0.2) is 5.82 Å². The van der Waals surface area contributed by atoms with Crippen LogP contribution >= 0.6 is 22.7 Å². The van der Waals surface area contributed by atoms with Gasteiger partial charge >= 0.3 is 0 Å². The van der Waals surface area contributed by atoms with Crippen molar-refractivity contribution >= 4 is 33.5 Å². The minimum absolute atomic E-state index is 0.0392. The fourth-order valence-electron chi connectivity index (χ4n) is 3.34. The zero-order valence-corrected chi connectivity index (χ0v) is 16.4. The first-order chi connectivity index (χ1) is 12.6. The van der Waals surface area contributed by atoms with Gasteiger partial charge in [0.25, 0.3) is 0 Å². The molecule has 1 unspecified atom stereocenters. The molecule has 1 atom stereocenters. The van der Waals surface area contributed by atoms with E-state index >= 15 is 0 Å². The average molecular weight is 392 g/mol. The minimum atomic E-state index is -0.0392. The highest BCUT2D eigenvalue weighted by Gasteiger charge is 2.32. The molecule has 1 saturated heterocycles. The quantitative estimate of drug-likeness (QED) is 0.739. The molecule has 9 heteroatoms. The van der Waals surface area contributed by atoms with Crippen molar-refractivity contribution in [2.24, 2.45) is 0 Å². The van der Waals surface area contributed by atoms with Crippen LogP contribution in [0, 0.1) is 0 Å². The van der Waals surface area contributed by atoms with E-state index in [1.807, 2.05) is 17.9 Å². The third-order valence-corrected chi connectivity index (χ3v) is 6.74. The van der Waals surface area contributed by atoms with E-state index < -0.39 is 0 Å². The number of carbonyl (C=O) groups is 1. The molecule has 1 amide bonds. The van der Waals surface area contributed by atoms with Gasteiger partial charge in [-0.1, -0.05) is 24.3 Å². The van der Waals surface area contributed by atoms with Crippen LogP contribution < -0.4 is 0 Å². The Hall–Kier alpha value is -1.97. The summed E-state index contributed by atoms with van der Waals surface area (Å²) in [6.07, 6.45) is 0.741. The van der Waals surface area contributed by atoms with Crippen LogP contribution in [-0.2, 0) is 11.2 Å². The number of rotatable bonds is 4. The Bertz CT molecular complexity index is 909. The summed E-state index contributed by atoms with van der Waals surface area (Å²) in [6.45, 7) is 6.58. The lowest BCUT2D eigenvalue weighted by Gasteiger charge is -2.38. The number of thiophene rings is 1. The third kappa shape index (κ3) is 3.00. The van der Waals surface area contributed by atoms with Crippen LogP contribution in [0.25, 0.3) is 4.96 Å². The number of nitrogens with zero attached hydrogens (tertiary/aromatic N) is 5. The topological polar surface area (TPSA) is 74.0 Å². The molecule has 138 valence electrons. The zero-order chi connectivity index (χ0) is 18.3. The van der Waals surface area contributed by atoms with Gasteiger partial charge in [0.05, 0.1) is 10.9 Å². The van der Waals surface area contributed by atoms with Gasteiger partial charge in [-0.3, -0.25) is 9.69 Å². The van der Waals surface area contributed by atoms with Crippen molar-refractivity contribution in [2.45, 2.75) is 26.3 Å². The molecule has 1 aliphatic rings. The second-order valence-corrected chi connectivity index (χ2v) is 8.31. The lowest BCUT2D eigenvalue weighted by atomic mass is 10.1. The van der Waals surface area contributed by atoms with Gasteiger partial charge < -0.3 is 10.0 Å². The van der Waals surface area contributed by atoms with Gasteiger partial charge in [-0.05, 0) is 11.4 Å². The molecule has 7 nitrogen and oxygen atoms in total. The molecule has 0 spiro atoms. The van der Waals surface area contributed by atoms with Gasteiger partial charge in [-0.15, -0.1) is 16.4 Å². The molecule has 3 aromatic heterocycles. The van der Waals surface area contributed by atoms with Crippen LogP contribution in [0.15, 0.2) is 17.5 Å². The standard InChI is InChI=1S/C17H21N5O2S2/c1-3-13-18-17-22(19-13)16(24)15(26-17)14(12-5-4-10-25-12)21-8-6-20(7-9-21)11(2)23/h4-5,10,14,24H,3,6-9H2,1-2H3. The predicted molar refractivity (Wildman–Crippen MR) is 102 cm³/mol. The second-order valence-electron chi connectivity index (χ2n) is 6.33. The number of thiazole rings is 1. The first-order valence-electron chi connectivity index (χ1n) is 8.68. The van der Waals surface area contributed by atoms with Crippen molar-refractivity contribution in [3.8, 4) is 5.88 Å². The van der Waals surface area contributed by atoms with Crippen molar-refractivity contribution < 1.29 is 9.90 Å². The average Bonchev–Trinajstić information content (AvgIpc) is 3.35. The highest BCUT2D eigenvalue weighted by atomic mass is 32.1. The molecule has 3 aromatic rings. The number of aryl methyl sites for hydroxylation is 1. The number of hydrogen-bond acceptors (Lipinski definition) is 7. The van der Waals surface area contributed by atoms with Crippen molar-refractivity contribution in [3.63, 3.8) is 0 Å². The Kier molecular flexibility index (Phi) is 4.68. The molecule has 4 heterocycles. The van der Waals surface area contributed by atoms with Gasteiger partial charge in [0.1, 0.15) is 0 Å². The van der Waals surface area contributed by atoms with E-state index in [1.165, 1.54) is 16.2 Å². The maximum Gasteiger partial charge on any atom is 0.230 e. The molecule has 26 heavy (non-hydrogen) atoms.